The zero-order valence-corrected chi connectivity index (χ0v) is 21.3. The lowest BCUT2D eigenvalue weighted by Gasteiger charge is -2.39. The number of nitrogens with one attached hydrogen (secondary N) is 2. The van der Waals surface area contributed by atoms with Crippen LogP contribution in [0.1, 0.15) is 6.42 Å². The van der Waals surface area contributed by atoms with Crippen LogP contribution in [0.2, 0.25) is 0 Å². The molecule has 35 heavy (non-hydrogen) atoms. The molecule has 2 saturated heterocycles. The third-order valence-corrected chi connectivity index (χ3v) is 6.84. The number of carbonyl (C=O) groups excluding carboxylic acids is 3. The molecule has 0 bridgehead atoms. The molecule has 0 radical (unpaired) electrons. The molecule has 186 valence electrons. The molecule has 0 saturated carbocycles. The number of methoxy groups -OCH3 is 1. The number of amides is 3. The first-order valence-corrected chi connectivity index (χ1v) is 12.5. The summed E-state index contributed by atoms with van der Waals surface area (Å²) in [4.78, 5) is 44.3. The van der Waals surface area contributed by atoms with Gasteiger partial charge in [0.05, 0.1) is 25.8 Å². The Bertz CT molecular complexity index is 1060. The number of nitrogens with zero attached hydrogens (tertiary/aromatic N) is 3. The van der Waals surface area contributed by atoms with Crippen molar-refractivity contribution in [2.45, 2.75) is 12.5 Å². The molecule has 2 N–H and O–H groups in total. The van der Waals surface area contributed by atoms with Crippen molar-refractivity contribution in [2.75, 3.05) is 63.1 Å². The normalized spacial score (nSPS) is 18.7. The molecule has 0 unspecified atom stereocenters. The van der Waals surface area contributed by atoms with Crippen LogP contribution in [0.3, 0.4) is 0 Å². The van der Waals surface area contributed by atoms with Gasteiger partial charge in [-0.15, -0.1) is 0 Å². The predicted molar refractivity (Wildman–Crippen MR) is 138 cm³/mol. The second-order valence-corrected chi connectivity index (χ2v) is 9.50. The molecule has 2 aromatic rings. The van der Waals surface area contributed by atoms with Crippen LogP contribution in [-0.2, 0) is 14.4 Å². The Morgan fingerprint density at radius 3 is 2.49 bits per heavy atom. The summed E-state index contributed by atoms with van der Waals surface area (Å²) in [7, 11) is 1.66. The average molecular weight is 544 g/mol. The number of hydrogen-bond donors (Lipinski definition) is 2. The fourth-order valence-corrected chi connectivity index (χ4v) is 4.72. The second kappa shape index (κ2) is 11.5. The number of para-hydroxylation sites is 2. The molecular weight excluding hydrogens is 514 g/mol. The lowest BCUT2D eigenvalue weighted by molar-refractivity contribution is -0.145. The highest BCUT2D eigenvalue weighted by Crippen LogP contribution is 2.28. The largest absolute Gasteiger partial charge is 0.495 e. The Kier molecular flexibility index (Phi) is 8.25. The van der Waals surface area contributed by atoms with Crippen molar-refractivity contribution in [2.24, 2.45) is 0 Å². The molecule has 0 aliphatic carbocycles. The van der Waals surface area contributed by atoms with Crippen molar-refractivity contribution in [3.8, 4) is 5.75 Å². The van der Waals surface area contributed by atoms with Gasteiger partial charge in [0, 0.05) is 49.4 Å². The van der Waals surface area contributed by atoms with E-state index in [4.69, 9.17) is 4.74 Å². The minimum Gasteiger partial charge on any atom is -0.495 e. The van der Waals surface area contributed by atoms with E-state index in [0.717, 1.165) is 42.1 Å². The summed E-state index contributed by atoms with van der Waals surface area (Å²) in [5, 5.41) is 5.58. The standard InChI is InChI=1S/C25H30BrN5O4/c1-35-22-5-3-2-4-20(22)30-14-12-29(13-15-30)17-24(33)31-11-10-27-25(34)21(31)16-23(32)28-19-8-6-18(26)7-9-19/h2-9,21H,10-17H2,1H3,(H,27,34)(H,28,32)/t21-/m0/s1. The Morgan fingerprint density at radius 2 is 1.77 bits per heavy atom. The highest BCUT2D eigenvalue weighted by Gasteiger charge is 2.35. The van der Waals surface area contributed by atoms with E-state index in [9.17, 15) is 14.4 Å². The number of ether oxygens (including phenoxy) is 1. The van der Waals surface area contributed by atoms with Gasteiger partial charge in [0.25, 0.3) is 0 Å². The van der Waals surface area contributed by atoms with Crippen LogP contribution >= 0.6 is 15.9 Å². The van der Waals surface area contributed by atoms with Gasteiger partial charge in [-0.05, 0) is 36.4 Å². The van der Waals surface area contributed by atoms with Crippen molar-refractivity contribution in [3.05, 3.63) is 53.0 Å². The number of piperazine rings is 2. The van der Waals surface area contributed by atoms with Crippen molar-refractivity contribution in [1.82, 2.24) is 15.1 Å². The van der Waals surface area contributed by atoms with Crippen LogP contribution in [0.5, 0.6) is 5.75 Å². The summed E-state index contributed by atoms with van der Waals surface area (Å²) in [6.45, 7) is 3.98. The van der Waals surface area contributed by atoms with Crippen LogP contribution in [0.4, 0.5) is 11.4 Å². The van der Waals surface area contributed by atoms with E-state index < -0.39 is 6.04 Å². The highest BCUT2D eigenvalue weighted by atomic mass is 79.9. The van der Waals surface area contributed by atoms with Crippen LogP contribution < -0.4 is 20.3 Å². The molecule has 4 rings (SSSR count). The molecule has 0 spiro atoms. The van der Waals surface area contributed by atoms with Crippen molar-refractivity contribution >= 4 is 45.0 Å². The average Bonchev–Trinajstić information content (AvgIpc) is 2.87. The van der Waals surface area contributed by atoms with Crippen LogP contribution in [0.25, 0.3) is 0 Å². The Labute approximate surface area is 213 Å². The number of carbonyl (C=O) groups is 3. The summed E-state index contributed by atoms with van der Waals surface area (Å²) in [6.07, 6.45) is -0.0881. The van der Waals surface area contributed by atoms with Gasteiger partial charge in [-0.1, -0.05) is 28.1 Å². The monoisotopic (exact) mass is 543 g/mol. The summed E-state index contributed by atoms with van der Waals surface area (Å²) in [6, 6.07) is 14.3. The smallest absolute Gasteiger partial charge is 0.243 e. The highest BCUT2D eigenvalue weighted by molar-refractivity contribution is 9.10. The quantitative estimate of drug-likeness (QED) is 0.554. The predicted octanol–water partition coefficient (Wildman–Crippen LogP) is 1.94. The lowest BCUT2D eigenvalue weighted by Crippen LogP contribution is -2.60. The van der Waals surface area contributed by atoms with Gasteiger partial charge in [-0.3, -0.25) is 19.3 Å². The van der Waals surface area contributed by atoms with Crippen LogP contribution in [0.15, 0.2) is 53.0 Å². The molecule has 9 nitrogen and oxygen atoms in total. The zero-order valence-electron chi connectivity index (χ0n) is 19.7. The molecule has 2 fully saturated rings. The molecule has 0 aromatic heterocycles. The van der Waals surface area contributed by atoms with Crippen molar-refractivity contribution in [3.63, 3.8) is 0 Å². The van der Waals surface area contributed by atoms with Gasteiger partial charge in [0.15, 0.2) is 0 Å². The molecular formula is C25H30BrN5O4. The first kappa shape index (κ1) is 25.0. The maximum absolute atomic E-state index is 13.2. The van der Waals surface area contributed by atoms with E-state index in [2.05, 4.69) is 36.4 Å². The van der Waals surface area contributed by atoms with Crippen LogP contribution in [0, 0.1) is 0 Å². The van der Waals surface area contributed by atoms with E-state index in [1.807, 2.05) is 36.4 Å². The number of hydrogen-bond acceptors (Lipinski definition) is 6. The van der Waals surface area contributed by atoms with Gasteiger partial charge in [-0.2, -0.15) is 0 Å². The van der Waals surface area contributed by atoms with Crippen molar-refractivity contribution in [1.29, 1.82) is 0 Å². The van der Waals surface area contributed by atoms with Gasteiger partial charge in [0.2, 0.25) is 17.7 Å². The third-order valence-electron chi connectivity index (χ3n) is 6.31. The SMILES string of the molecule is COc1ccccc1N1CCN(CC(=O)N2CCNC(=O)[C@@H]2CC(=O)Nc2ccc(Br)cc2)CC1. The van der Waals surface area contributed by atoms with Gasteiger partial charge >= 0.3 is 0 Å². The Hall–Kier alpha value is -3.11. The minimum absolute atomic E-state index is 0.0881. The molecule has 1 atom stereocenters. The first-order valence-electron chi connectivity index (χ1n) is 11.7. The van der Waals surface area contributed by atoms with E-state index in [1.165, 1.54) is 0 Å². The van der Waals surface area contributed by atoms with Gasteiger partial charge in [-0.25, -0.2) is 0 Å². The number of rotatable bonds is 7. The third kappa shape index (κ3) is 6.32. The fraction of sp³-hybridized carbons (Fsp3) is 0.400. The first-order chi connectivity index (χ1) is 16.9. The van der Waals surface area contributed by atoms with E-state index in [0.29, 0.717) is 18.8 Å². The molecule has 3 amide bonds. The van der Waals surface area contributed by atoms with E-state index in [-0.39, 0.29) is 30.7 Å². The molecule has 2 heterocycles. The Balaban J connectivity index is 1.33. The summed E-state index contributed by atoms with van der Waals surface area (Å²) in [5.41, 5.74) is 1.69. The Morgan fingerprint density at radius 1 is 1.06 bits per heavy atom. The van der Waals surface area contributed by atoms with Gasteiger partial charge < -0.3 is 25.2 Å². The molecule has 10 heteroatoms. The maximum Gasteiger partial charge on any atom is 0.243 e. The summed E-state index contributed by atoms with van der Waals surface area (Å²) >= 11 is 3.36. The van der Waals surface area contributed by atoms with E-state index in [1.54, 1.807) is 24.1 Å². The minimum atomic E-state index is -0.818. The fourth-order valence-electron chi connectivity index (χ4n) is 4.46. The summed E-state index contributed by atoms with van der Waals surface area (Å²) < 4.78 is 6.38. The zero-order chi connectivity index (χ0) is 24.8. The number of anilines is 2. The molecule has 2 aliphatic heterocycles. The number of halogens is 1. The molecule has 2 aliphatic rings. The van der Waals surface area contributed by atoms with Gasteiger partial charge in [0.1, 0.15) is 11.8 Å². The molecule has 2 aromatic carbocycles. The summed E-state index contributed by atoms with van der Waals surface area (Å²) in [5.74, 6) is 0.0989. The maximum atomic E-state index is 13.2. The van der Waals surface area contributed by atoms with E-state index >= 15 is 0 Å². The topological polar surface area (TPSA) is 94.2 Å². The number of benzene rings is 2. The van der Waals surface area contributed by atoms with Crippen molar-refractivity contribution < 1.29 is 19.1 Å². The second-order valence-electron chi connectivity index (χ2n) is 8.59. The lowest BCUT2D eigenvalue weighted by atomic mass is 10.1. The van der Waals surface area contributed by atoms with Crippen LogP contribution in [-0.4, -0.2) is 86.5 Å².